The summed E-state index contributed by atoms with van der Waals surface area (Å²) in [5.74, 6) is 0.527. The summed E-state index contributed by atoms with van der Waals surface area (Å²) in [6.07, 6.45) is 0. The first-order chi connectivity index (χ1) is 12.3. The van der Waals surface area contributed by atoms with Crippen LogP contribution in [0.3, 0.4) is 0 Å². The minimum Gasteiger partial charge on any atom is -0.378 e. The van der Waals surface area contributed by atoms with Crippen molar-refractivity contribution >= 4 is 11.4 Å². The summed E-state index contributed by atoms with van der Waals surface area (Å²) in [6.45, 7) is 4.35. The van der Waals surface area contributed by atoms with Gasteiger partial charge in [0.15, 0.2) is 0 Å². The van der Waals surface area contributed by atoms with E-state index in [0.717, 1.165) is 13.1 Å². The van der Waals surface area contributed by atoms with Crippen molar-refractivity contribution in [1.82, 2.24) is 0 Å². The van der Waals surface area contributed by atoms with E-state index in [4.69, 9.17) is 0 Å². The Morgan fingerprint density at radius 2 is 1.48 bits per heavy atom. The van der Waals surface area contributed by atoms with E-state index in [0.29, 0.717) is 12.0 Å². The van der Waals surface area contributed by atoms with Crippen molar-refractivity contribution in [3.05, 3.63) is 96.1 Å². The van der Waals surface area contributed by atoms with Crippen LogP contribution in [0.25, 0.3) is 0 Å². The maximum atomic E-state index is 3.74. The van der Waals surface area contributed by atoms with E-state index >= 15 is 0 Å². The van der Waals surface area contributed by atoms with Gasteiger partial charge in [-0.3, -0.25) is 0 Å². The van der Waals surface area contributed by atoms with Gasteiger partial charge < -0.3 is 10.2 Å². The molecule has 0 radical (unpaired) electrons. The Morgan fingerprint density at radius 1 is 0.840 bits per heavy atom. The quantitative estimate of drug-likeness (QED) is 0.680. The normalized spacial score (nSPS) is 19.3. The fraction of sp³-hybridized carbons (Fsp3) is 0.217. The lowest BCUT2D eigenvalue weighted by Crippen LogP contribution is -2.38. The van der Waals surface area contributed by atoms with Gasteiger partial charge in [0.25, 0.3) is 0 Å². The molecule has 3 aromatic rings. The molecule has 0 fully saturated rings. The smallest absolute Gasteiger partial charge is 0.0576 e. The lowest BCUT2D eigenvalue weighted by molar-refractivity contribution is 0.463. The average molecular weight is 328 g/mol. The maximum absolute atomic E-state index is 3.74. The minimum absolute atomic E-state index is 0.339. The predicted octanol–water partition coefficient (Wildman–Crippen LogP) is 5.50. The molecule has 0 saturated carbocycles. The third-order valence-corrected chi connectivity index (χ3v) is 5.00. The van der Waals surface area contributed by atoms with Crippen LogP contribution in [0.5, 0.6) is 0 Å². The lowest BCUT2D eigenvalue weighted by Gasteiger charge is -2.40. The predicted molar refractivity (Wildman–Crippen MR) is 106 cm³/mol. The summed E-state index contributed by atoms with van der Waals surface area (Å²) in [5, 5.41) is 3.74. The first kappa shape index (κ1) is 15.8. The second kappa shape index (κ2) is 7.02. The molecule has 2 nitrogen and oxygen atoms in total. The van der Waals surface area contributed by atoms with Crippen molar-refractivity contribution in [1.29, 1.82) is 0 Å². The van der Waals surface area contributed by atoms with Crippen LogP contribution in [0.4, 0.5) is 11.4 Å². The van der Waals surface area contributed by atoms with Gasteiger partial charge in [0.2, 0.25) is 0 Å². The summed E-state index contributed by atoms with van der Waals surface area (Å²) in [4.78, 5) is 2.51. The number of rotatable bonds is 4. The number of nitrogens with one attached hydrogen (secondary N) is 1. The average Bonchev–Trinajstić information content (AvgIpc) is 2.66. The summed E-state index contributed by atoms with van der Waals surface area (Å²) < 4.78 is 0. The zero-order valence-electron chi connectivity index (χ0n) is 14.6. The molecule has 1 N–H and O–H groups in total. The van der Waals surface area contributed by atoms with E-state index in [1.54, 1.807) is 0 Å². The van der Waals surface area contributed by atoms with Gasteiger partial charge in [-0.25, -0.2) is 0 Å². The molecule has 25 heavy (non-hydrogen) atoms. The molecule has 0 saturated heterocycles. The van der Waals surface area contributed by atoms with Gasteiger partial charge in [0.1, 0.15) is 0 Å². The zero-order chi connectivity index (χ0) is 17.1. The number of anilines is 2. The molecule has 1 heterocycles. The topological polar surface area (TPSA) is 15.3 Å². The molecule has 0 aromatic heterocycles. The maximum Gasteiger partial charge on any atom is 0.0576 e. The number of para-hydroxylation sites is 2. The molecule has 0 aliphatic carbocycles. The van der Waals surface area contributed by atoms with Gasteiger partial charge in [0.05, 0.1) is 6.04 Å². The first-order valence-corrected chi connectivity index (χ1v) is 9.00. The zero-order valence-corrected chi connectivity index (χ0v) is 14.6. The van der Waals surface area contributed by atoms with Crippen molar-refractivity contribution < 1.29 is 0 Å². The highest BCUT2D eigenvalue weighted by Crippen LogP contribution is 2.39. The molecular weight excluding hydrogens is 304 g/mol. The Bertz CT molecular complexity index is 814. The van der Waals surface area contributed by atoms with Crippen LogP contribution in [0.2, 0.25) is 0 Å². The van der Waals surface area contributed by atoms with E-state index in [9.17, 15) is 0 Å². The number of fused-ring (bicyclic) bond motifs is 1. The van der Waals surface area contributed by atoms with Gasteiger partial charge in [-0.2, -0.15) is 0 Å². The Hall–Kier alpha value is -2.74. The van der Waals surface area contributed by atoms with Crippen molar-refractivity contribution in [2.24, 2.45) is 5.92 Å². The van der Waals surface area contributed by atoms with Crippen LogP contribution in [0, 0.1) is 5.92 Å². The Balaban J connectivity index is 1.64. The fourth-order valence-corrected chi connectivity index (χ4v) is 3.78. The van der Waals surface area contributed by atoms with Crippen LogP contribution >= 0.6 is 0 Å². The highest BCUT2D eigenvalue weighted by atomic mass is 15.2. The standard InChI is InChI=1S/C23H24N2/c1-18-16-25(17-19-10-4-2-5-11-19)22-15-9-8-14-21(22)23(18)24-20-12-6-3-7-13-20/h2-15,18,23-24H,16-17H2,1H3/t18-,23+/m1/s1. The number of hydrogen-bond acceptors (Lipinski definition) is 2. The molecule has 0 unspecified atom stereocenters. The van der Waals surface area contributed by atoms with E-state index in [-0.39, 0.29) is 0 Å². The van der Waals surface area contributed by atoms with E-state index in [1.807, 2.05) is 0 Å². The van der Waals surface area contributed by atoms with Crippen molar-refractivity contribution in [2.45, 2.75) is 19.5 Å². The van der Waals surface area contributed by atoms with Crippen LogP contribution in [0.1, 0.15) is 24.1 Å². The Morgan fingerprint density at radius 3 is 2.24 bits per heavy atom. The van der Waals surface area contributed by atoms with Gasteiger partial charge >= 0.3 is 0 Å². The molecule has 0 amide bonds. The first-order valence-electron chi connectivity index (χ1n) is 9.00. The van der Waals surface area contributed by atoms with E-state index < -0.39 is 0 Å². The van der Waals surface area contributed by atoms with E-state index in [1.165, 1.54) is 22.5 Å². The van der Waals surface area contributed by atoms with Crippen LogP contribution in [-0.2, 0) is 6.54 Å². The molecule has 0 bridgehead atoms. The van der Waals surface area contributed by atoms with E-state index in [2.05, 4.69) is 102 Å². The molecule has 126 valence electrons. The largest absolute Gasteiger partial charge is 0.378 e. The van der Waals surface area contributed by atoms with Gasteiger partial charge in [-0.15, -0.1) is 0 Å². The van der Waals surface area contributed by atoms with Gasteiger partial charge in [0, 0.05) is 24.5 Å². The molecule has 2 heteroatoms. The number of hydrogen-bond donors (Lipinski definition) is 1. The van der Waals surface area contributed by atoms with Crippen molar-refractivity contribution in [3.8, 4) is 0 Å². The number of nitrogens with zero attached hydrogens (tertiary/aromatic N) is 1. The summed E-state index contributed by atoms with van der Waals surface area (Å²) in [7, 11) is 0. The molecule has 4 rings (SSSR count). The minimum atomic E-state index is 0.339. The lowest BCUT2D eigenvalue weighted by atomic mass is 9.87. The molecule has 2 atom stereocenters. The second-order valence-electron chi connectivity index (χ2n) is 6.89. The van der Waals surface area contributed by atoms with Crippen LogP contribution in [-0.4, -0.2) is 6.54 Å². The van der Waals surface area contributed by atoms with Crippen LogP contribution in [0.15, 0.2) is 84.9 Å². The van der Waals surface area contributed by atoms with Crippen LogP contribution < -0.4 is 10.2 Å². The molecular formula is C23H24N2. The summed E-state index contributed by atoms with van der Waals surface area (Å²) in [6, 6.07) is 30.4. The van der Waals surface area contributed by atoms with Gasteiger partial charge in [-0.1, -0.05) is 73.7 Å². The summed E-state index contributed by atoms with van der Waals surface area (Å²) in [5.41, 5.74) is 5.28. The molecule has 1 aliphatic rings. The molecule has 3 aromatic carbocycles. The second-order valence-corrected chi connectivity index (χ2v) is 6.89. The van der Waals surface area contributed by atoms with Crippen molar-refractivity contribution in [2.75, 3.05) is 16.8 Å². The third-order valence-electron chi connectivity index (χ3n) is 5.00. The monoisotopic (exact) mass is 328 g/mol. The highest BCUT2D eigenvalue weighted by Gasteiger charge is 2.30. The fourth-order valence-electron chi connectivity index (χ4n) is 3.78. The SMILES string of the molecule is C[C@@H]1CN(Cc2ccccc2)c2ccccc2[C@H]1Nc1ccccc1. The molecule has 1 aliphatic heterocycles. The Kier molecular flexibility index (Phi) is 4.43. The summed E-state index contributed by atoms with van der Waals surface area (Å²) >= 11 is 0. The third kappa shape index (κ3) is 3.39. The highest BCUT2D eigenvalue weighted by molar-refractivity contribution is 5.60. The Labute approximate surface area is 150 Å². The van der Waals surface area contributed by atoms with Gasteiger partial charge in [-0.05, 0) is 35.2 Å². The van der Waals surface area contributed by atoms with Crippen molar-refractivity contribution in [3.63, 3.8) is 0 Å². The molecule has 0 spiro atoms. The number of benzene rings is 3.